The van der Waals surface area contributed by atoms with Crippen LogP contribution in [0.1, 0.15) is 45.7 Å². The molecule has 1 aromatic heterocycles. The monoisotopic (exact) mass is 448 g/mol. The lowest BCUT2D eigenvalue weighted by Gasteiger charge is -2.24. The van der Waals surface area contributed by atoms with Crippen LogP contribution in [-0.4, -0.2) is 28.2 Å². The number of anilines is 1. The first-order chi connectivity index (χ1) is 15.6. The number of aromatic nitrogens is 2. The molecule has 3 aromatic rings. The Labute approximate surface area is 195 Å². The zero-order valence-electron chi connectivity index (χ0n) is 19.9. The Hall–Kier alpha value is -3.61. The summed E-state index contributed by atoms with van der Waals surface area (Å²) in [6.45, 7) is 10.3. The molecule has 33 heavy (non-hydrogen) atoms. The molecule has 0 bridgehead atoms. The van der Waals surface area contributed by atoms with Crippen molar-refractivity contribution < 1.29 is 14.3 Å². The number of carbonyl (C=O) groups excluding carboxylic acids is 2. The molecule has 0 aliphatic heterocycles. The van der Waals surface area contributed by atoms with E-state index in [0.29, 0.717) is 18.0 Å². The van der Waals surface area contributed by atoms with Crippen molar-refractivity contribution in [2.75, 3.05) is 11.9 Å². The number of nitrogens with zero attached hydrogens (tertiary/aromatic N) is 2. The SMILES string of the molecule is CC(C)(C)c1ccc(OCC(=O)Nc2cnn(C(C)(C)C(=O)NCc3ccccc3)c2)cc1. The molecule has 2 amide bonds. The van der Waals surface area contributed by atoms with Crippen molar-refractivity contribution in [2.24, 2.45) is 0 Å². The summed E-state index contributed by atoms with van der Waals surface area (Å²) in [6, 6.07) is 17.4. The molecule has 0 fully saturated rings. The van der Waals surface area contributed by atoms with Gasteiger partial charge in [0.15, 0.2) is 6.61 Å². The summed E-state index contributed by atoms with van der Waals surface area (Å²) in [5, 5.41) is 9.96. The number of amides is 2. The number of benzene rings is 2. The number of ether oxygens (including phenoxy) is 1. The van der Waals surface area contributed by atoms with Crippen molar-refractivity contribution in [3.05, 3.63) is 78.1 Å². The summed E-state index contributed by atoms with van der Waals surface area (Å²) >= 11 is 0. The fourth-order valence-electron chi connectivity index (χ4n) is 3.19. The summed E-state index contributed by atoms with van der Waals surface area (Å²) < 4.78 is 7.13. The molecule has 3 rings (SSSR count). The van der Waals surface area contributed by atoms with Crippen LogP contribution in [-0.2, 0) is 27.1 Å². The fraction of sp³-hybridized carbons (Fsp3) is 0.346. The molecule has 0 atom stereocenters. The highest BCUT2D eigenvalue weighted by Crippen LogP contribution is 2.24. The van der Waals surface area contributed by atoms with Gasteiger partial charge in [0.1, 0.15) is 11.3 Å². The van der Waals surface area contributed by atoms with E-state index in [1.807, 2.05) is 54.6 Å². The molecule has 0 saturated carbocycles. The van der Waals surface area contributed by atoms with Gasteiger partial charge in [0.05, 0.1) is 11.9 Å². The number of hydrogen-bond acceptors (Lipinski definition) is 4. The maximum absolute atomic E-state index is 12.7. The van der Waals surface area contributed by atoms with E-state index in [0.717, 1.165) is 5.56 Å². The molecule has 7 heteroatoms. The van der Waals surface area contributed by atoms with Crippen LogP contribution in [0.3, 0.4) is 0 Å². The lowest BCUT2D eigenvalue weighted by molar-refractivity contribution is -0.129. The predicted molar refractivity (Wildman–Crippen MR) is 129 cm³/mol. The first-order valence-electron chi connectivity index (χ1n) is 11.0. The number of nitrogens with one attached hydrogen (secondary N) is 2. The first-order valence-corrected chi connectivity index (χ1v) is 11.0. The first kappa shape index (κ1) is 24.0. The molecule has 1 heterocycles. The highest BCUT2D eigenvalue weighted by Gasteiger charge is 2.30. The van der Waals surface area contributed by atoms with E-state index in [1.54, 1.807) is 20.0 Å². The van der Waals surface area contributed by atoms with Crippen LogP contribution in [0, 0.1) is 0 Å². The van der Waals surface area contributed by atoms with Gasteiger partial charge in [0.25, 0.3) is 5.91 Å². The molecule has 0 saturated heterocycles. The number of hydrogen-bond donors (Lipinski definition) is 2. The topological polar surface area (TPSA) is 85.2 Å². The third-order valence-electron chi connectivity index (χ3n) is 5.38. The third kappa shape index (κ3) is 6.44. The summed E-state index contributed by atoms with van der Waals surface area (Å²) in [6.07, 6.45) is 3.15. The molecular formula is C26H32N4O3. The molecule has 2 aromatic carbocycles. The van der Waals surface area contributed by atoms with Crippen LogP contribution < -0.4 is 15.4 Å². The summed E-state index contributed by atoms with van der Waals surface area (Å²) in [7, 11) is 0. The molecular weight excluding hydrogens is 416 g/mol. The minimum Gasteiger partial charge on any atom is -0.484 e. The average Bonchev–Trinajstić information content (AvgIpc) is 3.25. The molecule has 0 aliphatic rings. The molecule has 0 unspecified atom stereocenters. The van der Waals surface area contributed by atoms with Gasteiger partial charge in [0.2, 0.25) is 5.91 Å². The van der Waals surface area contributed by atoms with Crippen LogP contribution in [0.25, 0.3) is 0 Å². The van der Waals surface area contributed by atoms with Crippen LogP contribution in [0.4, 0.5) is 5.69 Å². The van der Waals surface area contributed by atoms with Crippen molar-refractivity contribution in [3.8, 4) is 5.75 Å². The quantitative estimate of drug-likeness (QED) is 0.540. The highest BCUT2D eigenvalue weighted by atomic mass is 16.5. The predicted octanol–water partition coefficient (Wildman–Crippen LogP) is 4.25. The van der Waals surface area contributed by atoms with E-state index in [2.05, 4.69) is 36.5 Å². The van der Waals surface area contributed by atoms with Gasteiger partial charge in [-0.25, -0.2) is 0 Å². The van der Waals surface area contributed by atoms with E-state index in [9.17, 15) is 9.59 Å². The zero-order valence-corrected chi connectivity index (χ0v) is 19.9. The largest absolute Gasteiger partial charge is 0.484 e. The van der Waals surface area contributed by atoms with Crippen LogP contribution >= 0.6 is 0 Å². The normalized spacial score (nSPS) is 11.7. The Morgan fingerprint density at radius 1 is 0.970 bits per heavy atom. The molecule has 0 radical (unpaired) electrons. The molecule has 2 N–H and O–H groups in total. The van der Waals surface area contributed by atoms with Crippen molar-refractivity contribution in [1.29, 1.82) is 0 Å². The number of carbonyl (C=O) groups is 2. The minimum absolute atomic E-state index is 0.0578. The van der Waals surface area contributed by atoms with Crippen LogP contribution in [0.15, 0.2) is 67.0 Å². The van der Waals surface area contributed by atoms with Crippen molar-refractivity contribution >= 4 is 17.5 Å². The maximum atomic E-state index is 12.7. The van der Waals surface area contributed by atoms with Gasteiger partial charge in [-0.1, -0.05) is 63.2 Å². The van der Waals surface area contributed by atoms with E-state index in [1.165, 1.54) is 16.4 Å². The average molecular weight is 449 g/mol. The van der Waals surface area contributed by atoms with E-state index in [4.69, 9.17) is 4.74 Å². The molecule has 174 valence electrons. The molecule has 0 aliphatic carbocycles. The molecule has 0 spiro atoms. The van der Waals surface area contributed by atoms with E-state index in [-0.39, 0.29) is 23.8 Å². The van der Waals surface area contributed by atoms with Crippen LogP contribution in [0.2, 0.25) is 0 Å². The van der Waals surface area contributed by atoms with Crippen LogP contribution in [0.5, 0.6) is 5.75 Å². The molecule has 7 nitrogen and oxygen atoms in total. The van der Waals surface area contributed by atoms with Crippen molar-refractivity contribution in [2.45, 2.75) is 52.1 Å². The zero-order chi connectivity index (χ0) is 24.1. The Bertz CT molecular complexity index is 1080. The maximum Gasteiger partial charge on any atom is 0.262 e. The minimum atomic E-state index is -0.928. The van der Waals surface area contributed by atoms with Gasteiger partial charge >= 0.3 is 0 Å². The smallest absolute Gasteiger partial charge is 0.262 e. The highest BCUT2D eigenvalue weighted by molar-refractivity contribution is 5.91. The Balaban J connectivity index is 1.52. The number of rotatable bonds is 8. The lowest BCUT2D eigenvalue weighted by atomic mass is 9.87. The lowest BCUT2D eigenvalue weighted by Crippen LogP contribution is -2.44. The standard InChI is InChI=1S/C26H32N4O3/c1-25(2,3)20-11-13-22(14-12-20)33-18-23(31)29-21-16-28-30(17-21)26(4,5)24(32)27-15-19-9-7-6-8-10-19/h6-14,16-17H,15,18H2,1-5H3,(H,27,32)(H,29,31). The second-order valence-corrected chi connectivity index (χ2v) is 9.51. The summed E-state index contributed by atoms with van der Waals surface area (Å²) in [5.74, 6) is 0.153. The summed E-state index contributed by atoms with van der Waals surface area (Å²) in [4.78, 5) is 25.0. The summed E-state index contributed by atoms with van der Waals surface area (Å²) in [5.41, 5.74) is 1.84. The van der Waals surface area contributed by atoms with Gasteiger partial charge in [-0.2, -0.15) is 5.10 Å². The Morgan fingerprint density at radius 3 is 2.27 bits per heavy atom. The van der Waals surface area contributed by atoms with Crippen molar-refractivity contribution in [3.63, 3.8) is 0 Å². The van der Waals surface area contributed by atoms with Gasteiger partial charge < -0.3 is 15.4 Å². The van der Waals surface area contributed by atoms with E-state index >= 15 is 0 Å². The second-order valence-electron chi connectivity index (χ2n) is 9.51. The second kappa shape index (κ2) is 9.90. The van der Waals surface area contributed by atoms with E-state index < -0.39 is 5.54 Å². The van der Waals surface area contributed by atoms with Crippen molar-refractivity contribution in [1.82, 2.24) is 15.1 Å². The van der Waals surface area contributed by atoms with Gasteiger partial charge in [-0.15, -0.1) is 0 Å². The Kier molecular flexibility index (Phi) is 7.21. The fourth-order valence-corrected chi connectivity index (χ4v) is 3.19. The Morgan fingerprint density at radius 2 is 1.64 bits per heavy atom. The van der Waals surface area contributed by atoms with Gasteiger partial charge in [-0.05, 0) is 42.5 Å². The van der Waals surface area contributed by atoms with Gasteiger partial charge in [0, 0.05) is 12.7 Å². The third-order valence-corrected chi connectivity index (χ3v) is 5.38. The van der Waals surface area contributed by atoms with Gasteiger partial charge in [-0.3, -0.25) is 14.3 Å².